The second-order valence-corrected chi connectivity index (χ2v) is 4.88. The molecule has 0 saturated heterocycles. The molecule has 24 heavy (non-hydrogen) atoms. The van der Waals surface area contributed by atoms with E-state index in [1.807, 2.05) is 18.2 Å². The summed E-state index contributed by atoms with van der Waals surface area (Å²) in [6.07, 6.45) is 1.34. The first-order valence-corrected chi connectivity index (χ1v) is 7.08. The van der Waals surface area contributed by atoms with E-state index in [0.29, 0.717) is 11.4 Å². The molecule has 122 valence electrons. The predicted molar refractivity (Wildman–Crippen MR) is 85.6 cm³/mol. The van der Waals surface area contributed by atoms with Gasteiger partial charge in [0.2, 0.25) is 5.91 Å². The van der Waals surface area contributed by atoms with Gasteiger partial charge in [-0.05, 0) is 18.2 Å². The minimum atomic E-state index is -0.429. The van der Waals surface area contributed by atoms with Crippen molar-refractivity contribution < 1.29 is 14.1 Å². The van der Waals surface area contributed by atoms with Crippen LogP contribution in [0.4, 0.5) is 5.82 Å². The molecule has 0 saturated carbocycles. The molecule has 0 aliphatic heterocycles. The van der Waals surface area contributed by atoms with Gasteiger partial charge >= 0.3 is 0 Å². The largest absolute Gasteiger partial charge is 0.497 e. The quantitative estimate of drug-likeness (QED) is 0.763. The predicted octanol–water partition coefficient (Wildman–Crippen LogP) is 1.55. The highest BCUT2D eigenvalue weighted by atomic mass is 16.5. The molecule has 8 nitrogen and oxygen atoms in total. The molecule has 0 spiro atoms. The van der Waals surface area contributed by atoms with Gasteiger partial charge in [0.05, 0.1) is 12.8 Å². The highest BCUT2D eigenvalue weighted by Gasteiger charge is 2.10. The van der Waals surface area contributed by atoms with E-state index in [0.717, 1.165) is 10.2 Å². The van der Waals surface area contributed by atoms with Crippen LogP contribution in [0.3, 0.4) is 0 Å². The molecule has 3 aromatic rings. The molecule has 0 atom stereocenters. The Morgan fingerprint density at radius 3 is 2.92 bits per heavy atom. The molecule has 0 radical (unpaired) electrons. The minimum Gasteiger partial charge on any atom is -0.497 e. The van der Waals surface area contributed by atoms with Crippen LogP contribution in [0, 0.1) is 0 Å². The van der Waals surface area contributed by atoms with Gasteiger partial charge in [-0.15, -0.1) is 0 Å². The van der Waals surface area contributed by atoms with E-state index in [2.05, 4.69) is 20.1 Å². The van der Waals surface area contributed by atoms with Crippen LogP contribution in [0.1, 0.15) is 0 Å². The fourth-order valence-corrected chi connectivity index (χ4v) is 2.09. The lowest BCUT2D eigenvalue weighted by atomic mass is 10.1. The Kier molecular flexibility index (Phi) is 4.37. The number of carbonyl (C=O) groups is 1. The van der Waals surface area contributed by atoms with Crippen LogP contribution < -0.4 is 15.6 Å². The third kappa shape index (κ3) is 3.49. The summed E-state index contributed by atoms with van der Waals surface area (Å²) in [5, 5.41) is 10.3. The number of carbonyl (C=O) groups excluding carboxylic acids is 1. The Bertz CT molecular complexity index is 902. The van der Waals surface area contributed by atoms with Gasteiger partial charge in [0.25, 0.3) is 5.56 Å². The SMILES string of the molecule is COc1cccc(-c2ccc(=O)n(CC(=O)Nc3ccon3)n2)c1. The van der Waals surface area contributed by atoms with Crippen LogP contribution in [0.2, 0.25) is 0 Å². The average molecular weight is 326 g/mol. The normalized spacial score (nSPS) is 10.4. The van der Waals surface area contributed by atoms with Gasteiger partial charge in [-0.1, -0.05) is 17.3 Å². The molecule has 8 heteroatoms. The van der Waals surface area contributed by atoms with Crippen LogP contribution in [0.5, 0.6) is 5.75 Å². The van der Waals surface area contributed by atoms with Crippen molar-refractivity contribution in [1.29, 1.82) is 0 Å². The second-order valence-electron chi connectivity index (χ2n) is 4.88. The topological polar surface area (TPSA) is 99.2 Å². The van der Waals surface area contributed by atoms with Gasteiger partial charge in [-0.25, -0.2) is 4.68 Å². The molecule has 0 aliphatic rings. The highest BCUT2D eigenvalue weighted by Crippen LogP contribution is 2.21. The lowest BCUT2D eigenvalue weighted by molar-refractivity contribution is -0.117. The van der Waals surface area contributed by atoms with Crippen molar-refractivity contribution in [3.8, 4) is 17.0 Å². The van der Waals surface area contributed by atoms with E-state index >= 15 is 0 Å². The van der Waals surface area contributed by atoms with Crippen LogP contribution >= 0.6 is 0 Å². The van der Waals surface area contributed by atoms with Gasteiger partial charge in [-0.2, -0.15) is 5.10 Å². The Hall–Kier alpha value is -3.42. The van der Waals surface area contributed by atoms with Gasteiger partial charge < -0.3 is 14.6 Å². The maximum absolute atomic E-state index is 12.0. The van der Waals surface area contributed by atoms with Crippen LogP contribution in [0.15, 0.2) is 58.0 Å². The molecule has 2 heterocycles. The lowest BCUT2D eigenvalue weighted by Gasteiger charge is -2.08. The first kappa shape index (κ1) is 15.5. The van der Waals surface area contributed by atoms with Gasteiger partial charge in [0, 0.05) is 17.7 Å². The number of anilines is 1. The lowest BCUT2D eigenvalue weighted by Crippen LogP contribution is -2.29. The zero-order chi connectivity index (χ0) is 16.9. The third-order valence-corrected chi connectivity index (χ3v) is 3.23. The van der Waals surface area contributed by atoms with Gasteiger partial charge in [0.1, 0.15) is 18.6 Å². The summed E-state index contributed by atoms with van der Waals surface area (Å²) in [5.41, 5.74) is 0.958. The molecular weight excluding hydrogens is 312 g/mol. The van der Waals surface area contributed by atoms with Gasteiger partial charge in [-0.3, -0.25) is 9.59 Å². The number of methoxy groups -OCH3 is 1. The molecule has 0 bridgehead atoms. The van der Waals surface area contributed by atoms with Gasteiger partial charge in [0.15, 0.2) is 5.82 Å². The molecule has 3 rings (SSSR count). The number of ether oxygens (including phenoxy) is 1. The number of nitrogens with zero attached hydrogens (tertiary/aromatic N) is 3. The van der Waals surface area contributed by atoms with E-state index < -0.39 is 5.91 Å². The molecular formula is C16H14N4O4. The van der Waals surface area contributed by atoms with E-state index in [1.165, 1.54) is 18.4 Å². The fourth-order valence-electron chi connectivity index (χ4n) is 2.09. The second kappa shape index (κ2) is 6.78. The molecule has 0 unspecified atom stereocenters. The molecule has 1 aromatic carbocycles. The molecule has 0 aliphatic carbocycles. The van der Waals surface area contributed by atoms with E-state index in [-0.39, 0.29) is 17.9 Å². The number of amides is 1. The molecule has 2 aromatic heterocycles. The summed E-state index contributed by atoms with van der Waals surface area (Å²) >= 11 is 0. The van der Waals surface area contributed by atoms with E-state index in [9.17, 15) is 9.59 Å². The van der Waals surface area contributed by atoms with Crippen molar-refractivity contribution >= 4 is 11.7 Å². The number of rotatable bonds is 5. The van der Waals surface area contributed by atoms with Crippen molar-refractivity contribution in [3.05, 3.63) is 59.1 Å². The minimum absolute atomic E-state index is 0.233. The average Bonchev–Trinajstić information content (AvgIpc) is 3.09. The maximum atomic E-state index is 12.0. The van der Waals surface area contributed by atoms with Crippen molar-refractivity contribution in [2.24, 2.45) is 0 Å². The van der Waals surface area contributed by atoms with Crippen molar-refractivity contribution in [2.45, 2.75) is 6.54 Å². The molecule has 1 amide bonds. The Morgan fingerprint density at radius 2 is 2.17 bits per heavy atom. The summed E-state index contributed by atoms with van der Waals surface area (Å²) in [5.74, 6) is 0.522. The monoisotopic (exact) mass is 326 g/mol. The molecule has 0 fully saturated rings. The Labute approximate surface area is 136 Å². The fraction of sp³-hybridized carbons (Fsp3) is 0.125. The summed E-state index contributed by atoms with van der Waals surface area (Å²) in [6, 6.07) is 11.7. The van der Waals surface area contributed by atoms with E-state index in [4.69, 9.17) is 4.74 Å². The zero-order valence-corrected chi connectivity index (χ0v) is 12.8. The van der Waals surface area contributed by atoms with Crippen LogP contribution in [-0.4, -0.2) is 28.0 Å². The van der Waals surface area contributed by atoms with Crippen LogP contribution in [-0.2, 0) is 11.3 Å². The van der Waals surface area contributed by atoms with Crippen molar-refractivity contribution in [3.63, 3.8) is 0 Å². The summed E-state index contributed by atoms with van der Waals surface area (Å²) in [7, 11) is 1.57. The first-order valence-electron chi connectivity index (χ1n) is 7.08. The van der Waals surface area contributed by atoms with Crippen LogP contribution in [0.25, 0.3) is 11.3 Å². The first-order chi connectivity index (χ1) is 11.7. The number of hydrogen-bond donors (Lipinski definition) is 1. The molecule has 1 N–H and O–H groups in total. The standard InChI is InChI=1S/C16H14N4O4/c1-23-12-4-2-3-11(9-12)13-5-6-16(22)20(18-13)10-15(21)17-14-7-8-24-19-14/h2-9H,10H2,1H3,(H,17,19,21). The third-order valence-electron chi connectivity index (χ3n) is 3.23. The Morgan fingerprint density at radius 1 is 1.29 bits per heavy atom. The highest BCUT2D eigenvalue weighted by molar-refractivity contribution is 5.89. The number of aromatic nitrogens is 3. The number of hydrogen-bond acceptors (Lipinski definition) is 6. The van der Waals surface area contributed by atoms with Crippen molar-refractivity contribution in [2.75, 3.05) is 12.4 Å². The van der Waals surface area contributed by atoms with Crippen molar-refractivity contribution in [1.82, 2.24) is 14.9 Å². The summed E-state index contributed by atoms with van der Waals surface area (Å²) in [6.45, 7) is -0.233. The smallest absolute Gasteiger partial charge is 0.267 e. The zero-order valence-electron chi connectivity index (χ0n) is 12.8. The number of nitrogens with one attached hydrogen (secondary N) is 1. The Balaban J connectivity index is 1.83. The number of benzene rings is 1. The summed E-state index contributed by atoms with van der Waals surface area (Å²) < 4.78 is 10.9. The summed E-state index contributed by atoms with van der Waals surface area (Å²) in [4.78, 5) is 23.9. The van der Waals surface area contributed by atoms with E-state index in [1.54, 1.807) is 19.2 Å². The maximum Gasteiger partial charge on any atom is 0.267 e.